The smallest absolute Gasteiger partial charge is 0.471 e. The van der Waals surface area contributed by atoms with Gasteiger partial charge in [-0.15, -0.1) is 0 Å². The number of fused-ring (bicyclic) bond motifs is 1. The Balaban J connectivity index is 1.66. The van der Waals surface area contributed by atoms with Crippen LogP contribution in [0.1, 0.15) is 31.7 Å². The summed E-state index contributed by atoms with van der Waals surface area (Å²) in [5.41, 5.74) is -0.427. The summed E-state index contributed by atoms with van der Waals surface area (Å²) >= 11 is 0. The minimum atomic E-state index is -4.80. The van der Waals surface area contributed by atoms with Crippen LogP contribution in [-0.2, 0) is 17.5 Å². The first-order valence-corrected chi connectivity index (χ1v) is 9.47. The van der Waals surface area contributed by atoms with E-state index in [1.807, 2.05) is 13.8 Å². The molecule has 1 amide bonds. The highest BCUT2D eigenvalue weighted by atomic mass is 19.4. The lowest BCUT2D eigenvalue weighted by Crippen LogP contribution is -2.48. The molecule has 1 fully saturated rings. The minimum Gasteiger partial charge on any atom is -0.491 e. The number of halogens is 4. The normalized spacial score (nSPS) is 24.3. The second-order valence-electron chi connectivity index (χ2n) is 7.94. The van der Waals surface area contributed by atoms with Crippen molar-refractivity contribution in [2.45, 2.75) is 39.0 Å². The number of alkyl halides is 3. The largest absolute Gasteiger partial charge is 0.491 e. The molecule has 0 bridgehead atoms. The summed E-state index contributed by atoms with van der Waals surface area (Å²) in [6, 6.07) is 2.07. The van der Waals surface area contributed by atoms with Crippen LogP contribution in [0, 0.1) is 11.2 Å². The summed E-state index contributed by atoms with van der Waals surface area (Å²) in [7, 11) is 0. The monoisotopic (exact) mass is 428 g/mol. The molecule has 162 valence electrons. The number of rotatable bonds is 2. The third kappa shape index (κ3) is 3.62. The Kier molecular flexibility index (Phi) is 4.95. The van der Waals surface area contributed by atoms with E-state index >= 15 is 0 Å². The van der Waals surface area contributed by atoms with Crippen LogP contribution in [-0.4, -0.2) is 46.7 Å². The number of carbonyl (C=O) groups excluding carboxylic acids is 1. The fraction of sp³-hybridized carbons (Fsp3) is 0.526. The predicted molar refractivity (Wildman–Crippen MR) is 95.8 cm³/mol. The molecule has 2 atom stereocenters. The van der Waals surface area contributed by atoms with E-state index in [1.165, 1.54) is 6.07 Å². The number of hydrogen-bond acceptors (Lipinski definition) is 6. The minimum absolute atomic E-state index is 0.00290. The zero-order chi connectivity index (χ0) is 21.7. The van der Waals surface area contributed by atoms with E-state index in [9.17, 15) is 22.4 Å². The maximum Gasteiger partial charge on any atom is 0.471 e. The van der Waals surface area contributed by atoms with Crippen LogP contribution in [0.15, 0.2) is 16.7 Å². The number of amides is 1. The van der Waals surface area contributed by atoms with Gasteiger partial charge in [0.1, 0.15) is 18.2 Å². The molecule has 0 saturated carbocycles. The molecule has 1 aromatic carbocycles. The van der Waals surface area contributed by atoms with Crippen LogP contribution in [0.5, 0.6) is 5.75 Å². The first-order chi connectivity index (χ1) is 14.1. The molecule has 30 heavy (non-hydrogen) atoms. The third-order valence-electron chi connectivity index (χ3n) is 5.57. The van der Waals surface area contributed by atoms with Gasteiger partial charge in [0, 0.05) is 17.7 Å². The Morgan fingerprint density at radius 3 is 2.77 bits per heavy atom. The quantitative estimate of drug-likeness (QED) is 0.741. The molecular formula is C19H20F4N4O3. The van der Waals surface area contributed by atoms with Gasteiger partial charge in [-0.1, -0.05) is 5.16 Å². The van der Waals surface area contributed by atoms with Gasteiger partial charge in [-0.25, -0.2) is 4.39 Å². The highest BCUT2D eigenvalue weighted by Crippen LogP contribution is 2.36. The van der Waals surface area contributed by atoms with E-state index in [4.69, 9.17) is 4.74 Å². The molecule has 2 aliphatic heterocycles. The number of nitrogens with zero attached hydrogens (tertiary/aromatic N) is 3. The lowest BCUT2D eigenvalue weighted by Gasteiger charge is -2.33. The maximum atomic E-state index is 14.9. The third-order valence-corrected chi connectivity index (χ3v) is 5.57. The van der Waals surface area contributed by atoms with Gasteiger partial charge in [-0.2, -0.15) is 18.2 Å². The van der Waals surface area contributed by atoms with E-state index < -0.39 is 29.1 Å². The fourth-order valence-corrected chi connectivity index (χ4v) is 3.72. The molecule has 4 rings (SSSR count). The zero-order valence-electron chi connectivity index (χ0n) is 16.3. The highest BCUT2D eigenvalue weighted by Gasteiger charge is 2.42. The van der Waals surface area contributed by atoms with E-state index in [2.05, 4.69) is 20.0 Å². The van der Waals surface area contributed by atoms with Crippen molar-refractivity contribution in [1.82, 2.24) is 20.4 Å². The molecule has 2 aliphatic rings. The maximum absolute atomic E-state index is 14.9. The van der Waals surface area contributed by atoms with Gasteiger partial charge in [0.25, 0.3) is 0 Å². The molecule has 2 aromatic rings. The molecule has 3 heterocycles. The summed E-state index contributed by atoms with van der Waals surface area (Å²) in [6.45, 7) is 5.08. The Bertz CT molecular complexity index is 969. The van der Waals surface area contributed by atoms with Gasteiger partial charge in [-0.05, 0) is 38.9 Å². The molecule has 0 aliphatic carbocycles. The SMILES string of the molecule is C[C@H]1COc2cc(-c3noc(C(F)(F)F)n3)cc(F)c2CN1C(=O)C1(C)CCNC1. The summed E-state index contributed by atoms with van der Waals surface area (Å²) in [5.74, 6) is -2.59. The van der Waals surface area contributed by atoms with Crippen LogP contribution in [0.3, 0.4) is 0 Å². The topological polar surface area (TPSA) is 80.5 Å². The average Bonchev–Trinajstić information content (AvgIpc) is 3.31. The lowest BCUT2D eigenvalue weighted by atomic mass is 9.87. The molecule has 1 aromatic heterocycles. The van der Waals surface area contributed by atoms with Crippen molar-refractivity contribution in [3.05, 3.63) is 29.4 Å². The molecule has 0 radical (unpaired) electrons. The van der Waals surface area contributed by atoms with Gasteiger partial charge in [0.05, 0.1) is 18.0 Å². The second-order valence-corrected chi connectivity index (χ2v) is 7.94. The lowest BCUT2D eigenvalue weighted by molar-refractivity contribution is -0.159. The van der Waals surface area contributed by atoms with Gasteiger partial charge in [0.2, 0.25) is 11.7 Å². The fourth-order valence-electron chi connectivity index (χ4n) is 3.72. The summed E-state index contributed by atoms with van der Waals surface area (Å²) in [6.07, 6.45) is -4.11. The zero-order valence-corrected chi connectivity index (χ0v) is 16.3. The number of aromatic nitrogens is 2. The first-order valence-electron chi connectivity index (χ1n) is 9.47. The molecular weight excluding hydrogens is 408 g/mol. The van der Waals surface area contributed by atoms with Crippen LogP contribution in [0.4, 0.5) is 17.6 Å². The second kappa shape index (κ2) is 7.22. The van der Waals surface area contributed by atoms with Crippen molar-refractivity contribution < 1.29 is 31.6 Å². The number of hydrogen-bond donors (Lipinski definition) is 1. The number of ether oxygens (including phenoxy) is 1. The molecule has 0 spiro atoms. The standard InChI is InChI=1S/C19H20F4N4O3/c1-10-8-29-14-6-11(15-25-16(30-26-15)19(21,22)23)5-13(20)12(14)7-27(10)17(28)18(2)3-4-24-9-18/h5-6,10,24H,3-4,7-9H2,1-2H3/t10-,18?/m0/s1. The van der Waals surface area contributed by atoms with Gasteiger partial charge >= 0.3 is 12.1 Å². The Morgan fingerprint density at radius 1 is 1.37 bits per heavy atom. The van der Waals surface area contributed by atoms with Crippen LogP contribution < -0.4 is 10.1 Å². The van der Waals surface area contributed by atoms with Crippen molar-refractivity contribution >= 4 is 5.91 Å². The van der Waals surface area contributed by atoms with E-state index in [0.717, 1.165) is 12.6 Å². The molecule has 11 heteroatoms. The highest BCUT2D eigenvalue weighted by molar-refractivity contribution is 5.83. The van der Waals surface area contributed by atoms with E-state index in [1.54, 1.807) is 4.90 Å². The molecule has 1 saturated heterocycles. The number of carbonyl (C=O) groups is 1. The molecule has 1 N–H and O–H groups in total. The van der Waals surface area contributed by atoms with E-state index in [-0.39, 0.29) is 42.0 Å². The van der Waals surface area contributed by atoms with Crippen LogP contribution in [0.2, 0.25) is 0 Å². The van der Waals surface area contributed by atoms with Crippen molar-refractivity contribution in [3.8, 4) is 17.1 Å². The molecule has 1 unspecified atom stereocenters. The van der Waals surface area contributed by atoms with Gasteiger partial charge in [-0.3, -0.25) is 4.79 Å². The van der Waals surface area contributed by atoms with Crippen molar-refractivity contribution in [2.24, 2.45) is 5.41 Å². The van der Waals surface area contributed by atoms with Crippen LogP contribution in [0.25, 0.3) is 11.4 Å². The van der Waals surface area contributed by atoms with Gasteiger partial charge in [0.15, 0.2) is 0 Å². The Labute approximate surface area is 169 Å². The van der Waals surface area contributed by atoms with E-state index in [0.29, 0.717) is 13.0 Å². The molecule has 7 nitrogen and oxygen atoms in total. The van der Waals surface area contributed by atoms with Crippen molar-refractivity contribution in [3.63, 3.8) is 0 Å². The van der Waals surface area contributed by atoms with Crippen molar-refractivity contribution in [1.29, 1.82) is 0 Å². The summed E-state index contributed by atoms with van der Waals surface area (Å²) in [5, 5.41) is 6.46. The predicted octanol–water partition coefficient (Wildman–Crippen LogP) is 3.00. The Morgan fingerprint density at radius 2 is 2.13 bits per heavy atom. The Hall–Kier alpha value is -2.69. The summed E-state index contributed by atoms with van der Waals surface area (Å²) < 4.78 is 63.0. The average molecular weight is 428 g/mol. The van der Waals surface area contributed by atoms with Crippen molar-refractivity contribution in [2.75, 3.05) is 19.7 Å². The summed E-state index contributed by atoms with van der Waals surface area (Å²) in [4.78, 5) is 18.0. The number of nitrogens with one attached hydrogen (secondary N) is 1. The first kappa shape index (κ1) is 20.6. The van der Waals surface area contributed by atoms with Gasteiger partial charge < -0.3 is 19.5 Å². The van der Waals surface area contributed by atoms with Crippen LogP contribution >= 0.6 is 0 Å². The number of benzene rings is 1.